The Hall–Kier alpha value is -4.40. The molecule has 14 nitrogen and oxygen atoms in total. The Kier molecular flexibility index (Phi) is 9.04. The van der Waals surface area contributed by atoms with Crippen molar-refractivity contribution in [1.82, 2.24) is 15.1 Å². The summed E-state index contributed by atoms with van der Waals surface area (Å²) >= 11 is 4.45. The maximum absolute atomic E-state index is 13.3. The van der Waals surface area contributed by atoms with Crippen LogP contribution in [0.1, 0.15) is 24.0 Å². The van der Waals surface area contributed by atoms with Crippen LogP contribution in [-0.4, -0.2) is 74.7 Å². The number of nitrogens with zero attached hydrogens (tertiary/aromatic N) is 4. The summed E-state index contributed by atoms with van der Waals surface area (Å²) in [5.74, 6) is -0.271. The monoisotopic (exact) mass is 573 g/mol. The fourth-order valence-electron chi connectivity index (χ4n) is 4.55. The van der Waals surface area contributed by atoms with Gasteiger partial charge in [-0.3, -0.25) is 29.9 Å². The van der Waals surface area contributed by atoms with Gasteiger partial charge < -0.3 is 19.7 Å². The van der Waals surface area contributed by atoms with Gasteiger partial charge in [0.05, 0.1) is 15.9 Å². The number of ether oxygens (including phenoxy) is 2. The van der Waals surface area contributed by atoms with E-state index in [4.69, 9.17) is 9.47 Å². The van der Waals surface area contributed by atoms with E-state index >= 15 is 0 Å². The van der Waals surface area contributed by atoms with Crippen LogP contribution in [0, 0.1) is 20.2 Å². The van der Waals surface area contributed by atoms with E-state index in [1.54, 1.807) is 4.90 Å². The maximum Gasteiger partial charge on any atom is 0.410 e. The minimum Gasteiger partial charge on any atom is -0.445 e. The summed E-state index contributed by atoms with van der Waals surface area (Å²) < 4.78 is 10.6. The van der Waals surface area contributed by atoms with E-state index in [1.165, 1.54) is 53.4 Å². The number of nitro benzene ring substituents is 2. The molecule has 2 aromatic rings. The SMILES string of the molecule is O=C(N[C@@H]1CCN(C(=O)C2CC(S)CN2C(=O)OCc2ccc([N+](=O)[O-])cc2)C1)OCc1ccc([N+](=O)[O-])cc1. The van der Waals surface area contributed by atoms with Crippen LogP contribution in [0.2, 0.25) is 0 Å². The number of nitro groups is 2. The Balaban J connectivity index is 1.25. The molecule has 212 valence electrons. The number of carbonyl (C=O) groups is 3. The maximum atomic E-state index is 13.3. The van der Waals surface area contributed by atoms with Gasteiger partial charge in [-0.2, -0.15) is 12.6 Å². The molecule has 0 aliphatic carbocycles. The number of hydrogen-bond acceptors (Lipinski definition) is 10. The lowest BCUT2D eigenvalue weighted by Gasteiger charge is -2.27. The predicted molar refractivity (Wildman–Crippen MR) is 143 cm³/mol. The van der Waals surface area contributed by atoms with E-state index in [2.05, 4.69) is 17.9 Å². The first-order valence-electron chi connectivity index (χ1n) is 12.4. The van der Waals surface area contributed by atoms with E-state index in [9.17, 15) is 34.6 Å². The van der Waals surface area contributed by atoms with Crippen molar-refractivity contribution in [3.63, 3.8) is 0 Å². The summed E-state index contributed by atoms with van der Waals surface area (Å²) in [7, 11) is 0. The third-order valence-electron chi connectivity index (χ3n) is 6.65. The van der Waals surface area contributed by atoms with Gasteiger partial charge in [-0.25, -0.2) is 9.59 Å². The van der Waals surface area contributed by atoms with Gasteiger partial charge in [0.25, 0.3) is 11.4 Å². The van der Waals surface area contributed by atoms with Gasteiger partial charge >= 0.3 is 12.2 Å². The highest BCUT2D eigenvalue weighted by atomic mass is 32.1. The topological polar surface area (TPSA) is 174 Å². The molecule has 2 aliphatic heterocycles. The minimum absolute atomic E-state index is 0.0632. The number of alkyl carbamates (subject to hydrolysis) is 1. The fourth-order valence-corrected chi connectivity index (χ4v) is 4.93. The Morgan fingerprint density at radius 2 is 1.45 bits per heavy atom. The number of non-ortho nitro benzene ring substituents is 2. The minimum atomic E-state index is -0.764. The van der Waals surface area contributed by atoms with Crippen molar-refractivity contribution in [2.45, 2.75) is 43.4 Å². The van der Waals surface area contributed by atoms with Crippen LogP contribution in [0.3, 0.4) is 0 Å². The summed E-state index contributed by atoms with van der Waals surface area (Å²) in [6.45, 7) is 0.671. The lowest BCUT2D eigenvalue weighted by molar-refractivity contribution is -0.385. The summed E-state index contributed by atoms with van der Waals surface area (Å²) in [6, 6.07) is 10.2. The number of carbonyl (C=O) groups excluding carboxylic acids is 3. The van der Waals surface area contributed by atoms with Crippen molar-refractivity contribution in [3.05, 3.63) is 79.9 Å². The third kappa shape index (κ3) is 7.16. The normalized spacial score (nSPS) is 20.2. The molecule has 2 heterocycles. The predicted octanol–water partition coefficient (Wildman–Crippen LogP) is 3.04. The van der Waals surface area contributed by atoms with Gasteiger partial charge in [0.1, 0.15) is 19.3 Å². The molecule has 1 N–H and O–H groups in total. The Morgan fingerprint density at radius 3 is 2.00 bits per heavy atom. The second kappa shape index (κ2) is 12.6. The molecular formula is C25H27N5O9S. The van der Waals surface area contributed by atoms with E-state index in [0.29, 0.717) is 30.5 Å². The molecule has 2 fully saturated rings. The standard InChI is InChI=1S/C25H27N5O9S/c31-23(22-11-21(40)13-28(22)25(33)39-15-17-3-7-20(8-4-17)30(36)37)27-10-9-18(12-27)26-24(32)38-14-16-1-5-19(6-2-16)29(34)35/h1-8,18,21-22,40H,9-15H2,(H,26,32)/t18-,21?,22?/m1/s1. The van der Waals surface area contributed by atoms with Crippen molar-refractivity contribution in [2.75, 3.05) is 19.6 Å². The molecule has 15 heteroatoms. The van der Waals surface area contributed by atoms with Gasteiger partial charge in [-0.15, -0.1) is 0 Å². The van der Waals surface area contributed by atoms with Crippen LogP contribution >= 0.6 is 12.6 Å². The molecular weight excluding hydrogens is 546 g/mol. The summed E-state index contributed by atoms with van der Waals surface area (Å²) in [5, 5.41) is 24.0. The Morgan fingerprint density at radius 1 is 0.900 bits per heavy atom. The summed E-state index contributed by atoms with van der Waals surface area (Å²) in [6.07, 6.45) is -0.511. The average molecular weight is 574 g/mol. The van der Waals surface area contributed by atoms with E-state index < -0.39 is 28.1 Å². The molecule has 2 aromatic carbocycles. The largest absolute Gasteiger partial charge is 0.445 e. The van der Waals surface area contributed by atoms with Gasteiger partial charge in [0.15, 0.2) is 0 Å². The van der Waals surface area contributed by atoms with Crippen molar-refractivity contribution in [1.29, 1.82) is 0 Å². The highest BCUT2D eigenvalue weighted by Gasteiger charge is 2.42. The van der Waals surface area contributed by atoms with Crippen molar-refractivity contribution < 1.29 is 33.7 Å². The molecule has 40 heavy (non-hydrogen) atoms. The zero-order chi connectivity index (χ0) is 28.8. The highest BCUT2D eigenvalue weighted by molar-refractivity contribution is 7.81. The van der Waals surface area contributed by atoms with Crippen LogP contribution in [0.15, 0.2) is 48.5 Å². The van der Waals surface area contributed by atoms with Gasteiger partial charge in [-0.05, 0) is 48.2 Å². The third-order valence-corrected chi connectivity index (χ3v) is 7.02. The number of likely N-dealkylation sites (tertiary alicyclic amines) is 2. The smallest absolute Gasteiger partial charge is 0.410 e. The van der Waals surface area contributed by atoms with Crippen LogP contribution in [-0.2, 0) is 27.5 Å². The molecule has 3 atom stereocenters. The molecule has 0 bridgehead atoms. The zero-order valence-electron chi connectivity index (χ0n) is 21.2. The first-order chi connectivity index (χ1) is 19.1. The molecule has 2 unspecified atom stereocenters. The Labute approximate surface area is 233 Å². The lowest BCUT2D eigenvalue weighted by atomic mass is 10.2. The van der Waals surface area contributed by atoms with E-state index in [1.807, 2.05) is 0 Å². The summed E-state index contributed by atoms with van der Waals surface area (Å²) in [5.41, 5.74) is 1.02. The van der Waals surface area contributed by atoms with Crippen LogP contribution in [0.25, 0.3) is 0 Å². The van der Waals surface area contributed by atoms with Crippen molar-refractivity contribution in [2.24, 2.45) is 0 Å². The van der Waals surface area contributed by atoms with E-state index in [0.717, 1.165) is 0 Å². The first-order valence-corrected chi connectivity index (χ1v) is 12.9. The molecule has 0 saturated carbocycles. The van der Waals surface area contributed by atoms with Gasteiger partial charge in [0.2, 0.25) is 5.91 Å². The van der Waals surface area contributed by atoms with Crippen molar-refractivity contribution >= 4 is 42.1 Å². The fraction of sp³-hybridized carbons (Fsp3) is 0.400. The number of nitrogens with one attached hydrogen (secondary N) is 1. The number of benzene rings is 2. The number of thiol groups is 1. The van der Waals surface area contributed by atoms with Gasteiger partial charge in [0, 0.05) is 49.1 Å². The molecule has 0 aromatic heterocycles. The van der Waals surface area contributed by atoms with Crippen LogP contribution in [0.5, 0.6) is 0 Å². The number of amides is 3. The van der Waals surface area contributed by atoms with Crippen LogP contribution in [0.4, 0.5) is 21.0 Å². The molecule has 2 saturated heterocycles. The molecule has 0 spiro atoms. The van der Waals surface area contributed by atoms with Crippen molar-refractivity contribution in [3.8, 4) is 0 Å². The quantitative estimate of drug-likeness (QED) is 0.273. The molecule has 0 radical (unpaired) electrons. The summed E-state index contributed by atoms with van der Waals surface area (Å²) in [4.78, 5) is 61.8. The first kappa shape index (κ1) is 28.6. The van der Waals surface area contributed by atoms with E-state index in [-0.39, 0.29) is 54.9 Å². The number of hydrogen-bond donors (Lipinski definition) is 2. The second-order valence-corrected chi connectivity index (χ2v) is 10.2. The molecule has 2 aliphatic rings. The molecule has 4 rings (SSSR count). The average Bonchev–Trinajstić information content (AvgIpc) is 3.57. The second-order valence-electron chi connectivity index (χ2n) is 9.45. The zero-order valence-corrected chi connectivity index (χ0v) is 22.1. The van der Waals surface area contributed by atoms with Gasteiger partial charge in [-0.1, -0.05) is 0 Å². The van der Waals surface area contributed by atoms with Crippen LogP contribution < -0.4 is 5.32 Å². The highest BCUT2D eigenvalue weighted by Crippen LogP contribution is 2.26. The Bertz CT molecular complexity index is 1270. The number of rotatable bonds is 8. The molecule has 3 amide bonds. The lowest BCUT2D eigenvalue weighted by Crippen LogP contribution is -2.48.